The van der Waals surface area contributed by atoms with Gasteiger partial charge in [0.2, 0.25) is 0 Å². The lowest BCUT2D eigenvalue weighted by atomic mass is 9.78. The summed E-state index contributed by atoms with van der Waals surface area (Å²) < 4.78 is 37.5. The van der Waals surface area contributed by atoms with Gasteiger partial charge in [-0.3, -0.25) is 0 Å². The van der Waals surface area contributed by atoms with Crippen molar-refractivity contribution in [2.45, 2.75) is 49.3 Å². The average molecular weight is 239 g/mol. The lowest BCUT2D eigenvalue weighted by Gasteiger charge is -2.48. The second-order valence-corrected chi connectivity index (χ2v) is 5.92. The Labute approximate surface area is 90.0 Å². The number of nitrogens with zero attached hydrogens (tertiary/aromatic N) is 1. The molecule has 1 unspecified atom stereocenters. The molecule has 1 fully saturated rings. The quantitative estimate of drug-likeness (QED) is 0.705. The molecule has 6 heteroatoms. The minimum atomic E-state index is -4.67. The number of aliphatic imine (C=N–C) groups is 1. The van der Waals surface area contributed by atoms with E-state index in [0.29, 0.717) is 5.04 Å². The molecule has 2 rings (SSSR count). The van der Waals surface area contributed by atoms with Crippen LogP contribution in [-0.2, 0) is 0 Å². The van der Waals surface area contributed by atoms with Crippen molar-refractivity contribution in [3.05, 3.63) is 0 Å². The zero-order valence-electron chi connectivity index (χ0n) is 8.26. The summed E-state index contributed by atoms with van der Waals surface area (Å²) in [4.78, 5) is 3.37. The first-order valence-corrected chi connectivity index (χ1v) is 5.63. The lowest BCUT2D eigenvalue weighted by molar-refractivity contribution is -0.263. The van der Waals surface area contributed by atoms with Gasteiger partial charge in [0.1, 0.15) is 0 Å². The van der Waals surface area contributed by atoms with Crippen molar-refractivity contribution in [3.8, 4) is 0 Å². The van der Waals surface area contributed by atoms with E-state index in [9.17, 15) is 18.3 Å². The highest BCUT2D eigenvalue weighted by Crippen LogP contribution is 2.55. The molecule has 0 bridgehead atoms. The SMILES string of the molecule is CC1=NC(O)(C(F)(F)F)CC2(CCC2)S1. The molecule has 1 heterocycles. The molecule has 0 amide bonds. The zero-order chi connectivity index (χ0) is 11.3. The van der Waals surface area contributed by atoms with Crippen LogP contribution >= 0.6 is 11.8 Å². The van der Waals surface area contributed by atoms with Crippen LogP contribution in [-0.4, -0.2) is 26.8 Å². The van der Waals surface area contributed by atoms with Crippen LogP contribution in [0.1, 0.15) is 32.6 Å². The van der Waals surface area contributed by atoms with Gasteiger partial charge < -0.3 is 5.11 Å². The third kappa shape index (κ3) is 1.78. The maximum Gasteiger partial charge on any atom is 0.438 e. The maximum atomic E-state index is 12.6. The van der Waals surface area contributed by atoms with Crippen LogP contribution in [0.4, 0.5) is 13.2 Å². The van der Waals surface area contributed by atoms with Crippen LogP contribution < -0.4 is 0 Å². The summed E-state index contributed by atoms with van der Waals surface area (Å²) in [5, 5.41) is 9.89. The van der Waals surface area contributed by atoms with Crippen molar-refractivity contribution < 1.29 is 18.3 Å². The zero-order valence-corrected chi connectivity index (χ0v) is 9.08. The van der Waals surface area contributed by atoms with Crippen molar-refractivity contribution in [1.29, 1.82) is 0 Å². The molecule has 0 aromatic carbocycles. The number of thioether (sulfide) groups is 1. The van der Waals surface area contributed by atoms with Crippen molar-refractivity contribution in [3.63, 3.8) is 0 Å². The van der Waals surface area contributed by atoms with Crippen LogP contribution in [0.25, 0.3) is 0 Å². The molecule has 1 aliphatic heterocycles. The summed E-state index contributed by atoms with van der Waals surface area (Å²) in [7, 11) is 0. The third-order valence-electron chi connectivity index (χ3n) is 2.99. The first-order valence-electron chi connectivity index (χ1n) is 4.81. The summed E-state index contributed by atoms with van der Waals surface area (Å²) >= 11 is 1.38. The Balaban J connectivity index is 2.30. The molecule has 0 aromatic heterocycles. The Morgan fingerprint density at radius 1 is 1.40 bits per heavy atom. The van der Waals surface area contributed by atoms with Crippen LogP contribution in [0.15, 0.2) is 4.99 Å². The molecule has 0 saturated heterocycles. The Kier molecular flexibility index (Phi) is 2.35. The summed E-state index contributed by atoms with van der Waals surface area (Å²) in [6, 6.07) is 0. The molecule has 1 spiro atoms. The number of alkyl halides is 3. The van der Waals surface area contributed by atoms with E-state index in [4.69, 9.17) is 0 Å². The Bertz CT molecular complexity index is 311. The Morgan fingerprint density at radius 2 is 2.00 bits per heavy atom. The highest BCUT2D eigenvalue weighted by atomic mass is 32.2. The summed E-state index contributed by atoms with van der Waals surface area (Å²) in [5.74, 6) is 0. The monoisotopic (exact) mass is 239 g/mol. The van der Waals surface area contributed by atoms with Gasteiger partial charge in [-0.1, -0.05) is 6.42 Å². The van der Waals surface area contributed by atoms with E-state index in [2.05, 4.69) is 4.99 Å². The summed E-state index contributed by atoms with van der Waals surface area (Å²) in [6.07, 6.45) is -2.55. The van der Waals surface area contributed by atoms with Crippen LogP contribution in [0.2, 0.25) is 0 Å². The van der Waals surface area contributed by atoms with E-state index < -0.39 is 16.6 Å². The molecule has 86 valence electrons. The van der Waals surface area contributed by atoms with E-state index >= 15 is 0 Å². The predicted octanol–water partition coefficient (Wildman–Crippen LogP) is 2.72. The molecule has 1 aliphatic carbocycles. The Morgan fingerprint density at radius 3 is 2.40 bits per heavy atom. The van der Waals surface area contributed by atoms with Gasteiger partial charge in [0.25, 0.3) is 5.72 Å². The molecular formula is C9H12F3NOS. The highest BCUT2D eigenvalue weighted by molar-refractivity contribution is 8.15. The number of halogens is 3. The average Bonchev–Trinajstić information content (AvgIpc) is 1.97. The maximum absolute atomic E-state index is 12.6. The van der Waals surface area contributed by atoms with E-state index in [0.717, 1.165) is 19.3 Å². The van der Waals surface area contributed by atoms with Gasteiger partial charge in [-0.25, -0.2) is 4.99 Å². The van der Waals surface area contributed by atoms with E-state index in [1.807, 2.05) is 0 Å². The molecule has 2 nitrogen and oxygen atoms in total. The standard InChI is InChI=1S/C9H12F3NOS/c1-6-13-8(14,9(10,11)12)5-7(15-6)3-2-4-7/h14H,2-5H2,1H3. The molecule has 1 N–H and O–H groups in total. The molecule has 2 aliphatic rings. The third-order valence-corrected chi connectivity index (χ3v) is 4.37. The first-order chi connectivity index (χ1) is 6.77. The van der Waals surface area contributed by atoms with E-state index in [1.165, 1.54) is 18.7 Å². The lowest BCUT2D eigenvalue weighted by Crippen LogP contribution is -2.54. The minimum absolute atomic E-state index is 0.300. The second kappa shape index (κ2) is 3.13. The van der Waals surface area contributed by atoms with Gasteiger partial charge in [-0.05, 0) is 19.8 Å². The normalized spacial score (nSPS) is 34.9. The minimum Gasteiger partial charge on any atom is -0.362 e. The fourth-order valence-corrected chi connectivity index (χ4v) is 3.72. The van der Waals surface area contributed by atoms with Gasteiger partial charge in [0.15, 0.2) is 0 Å². The second-order valence-electron chi connectivity index (χ2n) is 4.26. The summed E-state index contributed by atoms with van der Waals surface area (Å²) in [6.45, 7) is 1.53. The Hall–Kier alpha value is -0.230. The van der Waals surface area contributed by atoms with Gasteiger partial charge >= 0.3 is 6.18 Å². The van der Waals surface area contributed by atoms with Crippen molar-refractivity contribution >= 4 is 16.8 Å². The molecule has 0 radical (unpaired) electrons. The molecule has 1 atom stereocenters. The topological polar surface area (TPSA) is 32.6 Å². The molecule has 15 heavy (non-hydrogen) atoms. The van der Waals surface area contributed by atoms with Crippen molar-refractivity contribution in [2.75, 3.05) is 0 Å². The molecular weight excluding hydrogens is 227 g/mol. The number of hydrogen-bond acceptors (Lipinski definition) is 3. The smallest absolute Gasteiger partial charge is 0.362 e. The fraction of sp³-hybridized carbons (Fsp3) is 0.889. The largest absolute Gasteiger partial charge is 0.438 e. The fourth-order valence-electron chi connectivity index (χ4n) is 2.14. The highest BCUT2D eigenvalue weighted by Gasteiger charge is 2.61. The van der Waals surface area contributed by atoms with E-state index in [-0.39, 0.29) is 6.42 Å². The van der Waals surface area contributed by atoms with E-state index in [1.54, 1.807) is 0 Å². The van der Waals surface area contributed by atoms with Gasteiger partial charge in [-0.15, -0.1) is 11.8 Å². The van der Waals surface area contributed by atoms with Gasteiger partial charge in [-0.2, -0.15) is 13.2 Å². The van der Waals surface area contributed by atoms with Crippen LogP contribution in [0.3, 0.4) is 0 Å². The molecule has 1 saturated carbocycles. The summed E-state index contributed by atoms with van der Waals surface area (Å²) in [5.41, 5.74) is -2.86. The van der Waals surface area contributed by atoms with Gasteiger partial charge in [0.05, 0.1) is 5.04 Å². The van der Waals surface area contributed by atoms with Crippen molar-refractivity contribution in [2.24, 2.45) is 4.99 Å². The van der Waals surface area contributed by atoms with Crippen LogP contribution in [0, 0.1) is 0 Å². The first kappa shape index (κ1) is 11.3. The number of aliphatic hydroxyl groups is 1. The van der Waals surface area contributed by atoms with Gasteiger partial charge in [0, 0.05) is 11.2 Å². The molecule has 0 aromatic rings. The van der Waals surface area contributed by atoms with Crippen molar-refractivity contribution in [1.82, 2.24) is 0 Å². The predicted molar refractivity (Wildman–Crippen MR) is 52.9 cm³/mol. The number of rotatable bonds is 0. The van der Waals surface area contributed by atoms with Crippen LogP contribution in [0.5, 0.6) is 0 Å². The number of hydrogen-bond donors (Lipinski definition) is 1.